The van der Waals surface area contributed by atoms with Crippen molar-refractivity contribution < 1.29 is 10.2 Å². The average molecular weight is 254 g/mol. The van der Waals surface area contributed by atoms with Gasteiger partial charge in [0.1, 0.15) is 11.7 Å². The van der Waals surface area contributed by atoms with Crippen LogP contribution in [0, 0.1) is 0 Å². The Kier molecular flexibility index (Phi) is 4.15. The number of hydrogen-bond donors (Lipinski definition) is 2. The second-order valence-electron chi connectivity index (χ2n) is 4.60. The normalized spacial score (nSPS) is 15.5. The van der Waals surface area contributed by atoms with Crippen LogP contribution in [-0.4, -0.2) is 10.2 Å². The Hall–Kier alpha value is -1.90. The van der Waals surface area contributed by atoms with Gasteiger partial charge in [0.15, 0.2) is 0 Å². The predicted octanol–water partition coefficient (Wildman–Crippen LogP) is 3.18. The Labute approximate surface area is 113 Å². The standard InChI is InChI=1S/C17H18O2/c1-2-13-17(19,15-11-7-4-8-12-15)16(18)14-9-5-3-6-10-14/h2-12,16,18-19H,1,13H2/t16-,17-/m0/s1. The van der Waals surface area contributed by atoms with E-state index in [4.69, 9.17) is 0 Å². The van der Waals surface area contributed by atoms with Crippen molar-refractivity contribution in [2.45, 2.75) is 18.1 Å². The van der Waals surface area contributed by atoms with E-state index in [0.29, 0.717) is 11.1 Å². The van der Waals surface area contributed by atoms with Gasteiger partial charge in [-0.05, 0) is 11.1 Å². The van der Waals surface area contributed by atoms with Crippen LogP contribution in [0.1, 0.15) is 23.7 Å². The van der Waals surface area contributed by atoms with E-state index in [-0.39, 0.29) is 6.42 Å². The van der Waals surface area contributed by atoms with Gasteiger partial charge in [-0.1, -0.05) is 66.7 Å². The highest BCUT2D eigenvalue weighted by Crippen LogP contribution is 2.38. The minimum Gasteiger partial charge on any atom is -0.385 e. The maximum atomic E-state index is 10.9. The molecule has 0 fully saturated rings. The van der Waals surface area contributed by atoms with E-state index in [1.165, 1.54) is 0 Å². The predicted molar refractivity (Wildman–Crippen MR) is 76.6 cm³/mol. The van der Waals surface area contributed by atoms with Crippen molar-refractivity contribution in [3.63, 3.8) is 0 Å². The van der Waals surface area contributed by atoms with Crippen molar-refractivity contribution in [2.75, 3.05) is 0 Å². The molecule has 2 rings (SSSR count). The van der Waals surface area contributed by atoms with Gasteiger partial charge in [0.25, 0.3) is 0 Å². The third-order valence-electron chi connectivity index (χ3n) is 3.30. The van der Waals surface area contributed by atoms with Crippen LogP contribution >= 0.6 is 0 Å². The molecular formula is C17H18O2. The van der Waals surface area contributed by atoms with Gasteiger partial charge in [0.05, 0.1) is 0 Å². The van der Waals surface area contributed by atoms with Crippen LogP contribution in [0.15, 0.2) is 73.3 Å². The molecule has 0 saturated carbocycles. The minimum absolute atomic E-state index is 0.285. The molecule has 0 radical (unpaired) electrons. The fourth-order valence-electron chi connectivity index (χ4n) is 2.25. The van der Waals surface area contributed by atoms with E-state index < -0.39 is 11.7 Å². The smallest absolute Gasteiger partial charge is 0.123 e. The molecule has 0 heterocycles. The molecule has 2 atom stereocenters. The third kappa shape index (κ3) is 2.75. The molecule has 0 aliphatic heterocycles. The van der Waals surface area contributed by atoms with Gasteiger partial charge in [-0.3, -0.25) is 0 Å². The number of rotatable bonds is 5. The molecule has 2 N–H and O–H groups in total. The van der Waals surface area contributed by atoms with E-state index >= 15 is 0 Å². The summed E-state index contributed by atoms with van der Waals surface area (Å²) in [6.45, 7) is 3.68. The van der Waals surface area contributed by atoms with Crippen LogP contribution in [0.4, 0.5) is 0 Å². The van der Waals surface area contributed by atoms with Crippen molar-refractivity contribution in [3.8, 4) is 0 Å². The number of hydrogen-bond acceptors (Lipinski definition) is 2. The Bertz CT molecular complexity index is 521. The van der Waals surface area contributed by atoms with Gasteiger partial charge in [0.2, 0.25) is 0 Å². The Morgan fingerprint density at radius 2 is 1.53 bits per heavy atom. The zero-order chi connectivity index (χ0) is 13.7. The first-order chi connectivity index (χ1) is 9.18. The van der Waals surface area contributed by atoms with Crippen LogP contribution in [-0.2, 0) is 5.60 Å². The van der Waals surface area contributed by atoms with Crippen molar-refractivity contribution in [2.24, 2.45) is 0 Å². The molecule has 0 bridgehead atoms. The summed E-state index contributed by atoms with van der Waals surface area (Å²) in [5, 5.41) is 21.4. The summed E-state index contributed by atoms with van der Waals surface area (Å²) < 4.78 is 0. The summed E-state index contributed by atoms with van der Waals surface area (Å²) in [6, 6.07) is 18.4. The largest absolute Gasteiger partial charge is 0.385 e. The zero-order valence-electron chi connectivity index (χ0n) is 10.7. The first-order valence-corrected chi connectivity index (χ1v) is 6.30. The molecule has 0 saturated heterocycles. The Balaban J connectivity index is 2.42. The summed E-state index contributed by atoms with van der Waals surface area (Å²) in [4.78, 5) is 0. The maximum absolute atomic E-state index is 10.9. The highest BCUT2D eigenvalue weighted by molar-refractivity contribution is 5.30. The van der Waals surface area contributed by atoms with Crippen LogP contribution < -0.4 is 0 Å². The van der Waals surface area contributed by atoms with E-state index in [0.717, 1.165) is 0 Å². The lowest BCUT2D eigenvalue weighted by atomic mass is 9.82. The number of aliphatic hydroxyl groups excluding tert-OH is 1. The van der Waals surface area contributed by atoms with Crippen molar-refractivity contribution in [1.29, 1.82) is 0 Å². The molecule has 0 spiro atoms. The van der Waals surface area contributed by atoms with Crippen molar-refractivity contribution in [1.82, 2.24) is 0 Å². The first kappa shape index (κ1) is 13.5. The molecule has 2 nitrogen and oxygen atoms in total. The molecule has 2 aromatic rings. The summed E-state index contributed by atoms with van der Waals surface area (Å²) >= 11 is 0. The second-order valence-corrected chi connectivity index (χ2v) is 4.60. The SMILES string of the molecule is C=CC[C@](O)(c1ccccc1)[C@@H](O)c1ccccc1. The van der Waals surface area contributed by atoms with Crippen LogP contribution in [0.25, 0.3) is 0 Å². The Morgan fingerprint density at radius 3 is 2.05 bits per heavy atom. The zero-order valence-corrected chi connectivity index (χ0v) is 10.7. The van der Waals surface area contributed by atoms with E-state index in [1.807, 2.05) is 60.7 Å². The van der Waals surface area contributed by atoms with Gasteiger partial charge in [0, 0.05) is 6.42 Å². The first-order valence-electron chi connectivity index (χ1n) is 6.30. The van der Waals surface area contributed by atoms with E-state index in [2.05, 4.69) is 6.58 Å². The molecule has 2 heteroatoms. The fraction of sp³-hybridized carbons (Fsp3) is 0.176. The lowest BCUT2D eigenvalue weighted by Crippen LogP contribution is -2.33. The minimum atomic E-state index is -1.36. The van der Waals surface area contributed by atoms with E-state index in [1.54, 1.807) is 6.08 Å². The monoisotopic (exact) mass is 254 g/mol. The van der Waals surface area contributed by atoms with Gasteiger partial charge in [-0.25, -0.2) is 0 Å². The number of benzene rings is 2. The quantitative estimate of drug-likeness (QED) is 0.804. The maximum Gasteiger partial charge on any atom is 0.123 e. The van der Waals surface area contributed by atoms with Crippen LogP contribution in [0.3, 0.4) is 0 Å². The third-order valence-corrected chi connectivity index (χ3v) is 3.30. The highest BCUT2D eigenvalue weighted by atomic mass is 16.3. The lowest BCUT2D eigenvalue weighted by Gasteiger charge is -2.33. The van der Waals surface area contributed by atoms with Gasteiger partial charge in [-0.2, -0.15) is 0 Å². The van der Waals surface area contributed by atoms with Crippen LogP contribution in [0.2, 0.25) is 0 Å². The molecule has 0 aliphatic rings. The van der Waals surface area contributed by atoms with Gasteiger partial charge < -0.3 is 10.2 Å². The van der Waals surface area contributed by atoms with Crippen molar-refractivity contribution >= 4 is 0 Å². The lowest BCUT2D eigenvalue weighted by molar-refractivity contribution is -0.0810. The molecular weight excluding hydrogens is 236 g/mol. The van der Waals surface area contributed by atoms with Crippen LogP contribution in [0.5, 0.6) is 0 Å². The molecule has 0 aromatic heterocycles. The summed E-state index contributed by atoms with van der Waals surface area (Å²) in [5.74, 6) is 0. The second kappa shape index (κ2) is 5.83. The summed E-state index contributed by atoms with van der Waals surface area (Å²) in [6.07, 6.45) is 0.917. The highest BCUT2D eigenvalue weighted by Gasteiger charge is 2.37. The van der Waals surface area contributed by atoms with Gasteiger partial charge >= 0.3 is 0 Å². The Morgan fingerprint density at radius 1 is 1.00 bits per heavy atom. The molecule has 0 amide bonds. The van der Waals surface area contributed by atoms with E-state index in [9.17, 15) is 10.2 Å². The molecule has 2 aromatic carbocycles. The average Bonchev–Trinajstić information content (AvgIpc) is 2.48. The summed E-state index contributed by atoms with van der Waals surface area (Å²) in [7, 11) is 0. The molecule has 0 unspecified atom stereocenters. The molecule has 98 valence electrons. The van der Waals surface area contributed by atoms with Crippen molar-refractivity contribution in [3.05, 3.63) is 84.4 Å². The topological polar surface area (TPSA) is 40.5 Å². The summed E-state index contributed by atoms with van der Waals surface area (Å²) in [5.41, 5.74) is 0.0200. The fourth-order valence-corrected chi connectivity index (χ4v) is 2.25. The molecule has 19 heavy (non-hydrogen) atoms. The molecule has 0 aliphatic carbocycles. The van der Waals surface area contributed by atoms with Gasteiger partial charge in [-0.15, -0.1) is 6.58 Å². The number of aliphatic hydroxyl groups is 2.